The molecular weight excluding hydrogens is 260 g/mol. The van der Waals surface area contributed by atoms with Crippen molar-refractivity contribution in [3.8, 4) is 5.75 Å². The van der Waals surface area contributed by atoms with Gasteiger partial charge in [0.25, 0.3) is 0 Å². The minimum Gasteiger partial charge on any atom is -0.507 e. The highest BCUT2D eigenvalue weighted by Gasteiger charge is 2.24. The fourth-order valence-corrected chi connectivity index (χ4v) is 1.79. The van der Waals surface area contributed by atoms with Crippen LogP contribution < -0.4 is 0 Å². The molecule has 0 atom stereocenters. The summed E-state index contributed by atoms with van der Waals surface area (Å²) in [6.07, 6.45) is 0.0597. The number of rotatable bonds is 3. The summed E-state index contributed by atoms with van der Waals surface area (Å²) in [6, 6.07) is 5.05. The first kappa shape index (κ1) is 12.0. The van der Waals surface area contributed by atoms with Gasteiger partial charge in [0.05, 0.1) is 10.9 Å². The smallest absolute Gasteiger partial charge is 0.304 e. The Morgan fingerprint density at radius 1 is 1.47 bits per heavy atom. The fraction of sp³-hybridized carbons (Fsp3) is 0.364. The molecule has 1 rings (SSSR count). The third-order valence-electron chi connectivity index (χ3n) is 2.32. The molecule has 0 amide bonds. The summed E-state index contributed by atoms with van der Waals surface area (Å²) in [7, 11) is 0. The van der Waals surface area contributed by atoms with Crippen LogP contribution in [0.5, 0.6) is 5.75 Å². The van der Waals surface area contributed by atoms with Crippen molar-refractivity contribution in [2.75, 3.05) is 0 Å². The van der Waals surface area contributed by atoms with E-state index in [1.165, 1.54) is 0 Å². The van der Waals surface area contributed by atoms with Crippen LogP contribution in [-0.4, -0.2) is 16.2 Å². The second kappa shape index (κ2) is 4.23. The number of phenolic OH excluding ortho intramolecular Hbond substituents is 1. The first-order valence-electron chi connectivity index (χ1n) is 4.54. The van der Waals surface area contributed by atoms with Crippen molar-refractivity contribution in [1.29, 1.82) is 0 Å². The Kier molecular flexibility index (Phi) is 3.39. The van der Waals surface area contributed by atoms with E-state index in [0.717, 1.165) is 5.56 Å². The van der Waals surface area contributed by atoms with Gasteiger partial charge in [-0.05, 0) is 33.6 Å². The van der Waals surface area contributed by atoms with E-state index in [4.69, 9.17) is 5.11 Å². The summed E-state index contributed by atoms with van der Waals surface area (Å²) < 4.78 is 0.582. The quantitative estimate of drug-likeness (QED) is 0.890. The van der Waals surface area contributed by atoms with E-state index in [2.05, 4.69) is 15.9 Å². The van der Waals surface area contributed by atoms with Gasteiger partial charge in [0.15, 0.2) is 0 Å². The van der Waals surface area contributed by atoms with Gasteiger partial charge < -0.3 is 10.2 Å². The van der Waals surface area contributed by atoms with Crippen molar-refractivity contribution < 1.29 is 15.0 Å². The van der Waals surface area contributed by atoms with E-state index in [9.17, 15) is 9.90 Å². The van der Waals surface area contributed by atoms with Crippen LogP contribution in [0.1, 0.15) is 25.8 Å². The largest absolute Gasteiger partial charge is 0.507 e. The molecule has 0 aliphatic carbocycles. The van der Waals surface area contributed by atoms with Crippen LogP contribution in [0.4, 0.5) is 0 Å². The first-order valence-corrected chi connectivity index (χ1v) is 5.33. The average Bonchev–Trinajstić information content (AvgIpc) is 2.07. The Balaban J connectivity index is 3.04. The molecule has 0 radical (unpaired) electrons. The molecule has 0 unspecified atom stereocenters. The Labute approximate surface area is 96.9 Å². The standard InChI is InChI=1S/C11H13BrO3/c1-11(2,6-10(14)15)7-3-4-9(13)8(12)5-7/h3-5,13H,6H2,1-2H3,(H,14,15). The maximum Gasteiger partial charge on any atom is 0.304 e. The van der Waals surface area contributed by atoms with Crippen LogP contribution in [0.25, 0.3) is 0 Å². The molecule has 4 heteroatoms. The zero-order valence-corrected chi connectivity index (χ0v) is 10.2. The van der Waals surface area contributed by atoms with E-state index in [0.29, 0.717) is 4.47 Å². The normalized spacial score (nSPS) is 11.4. The van der Waals surface area contributed by atoms with Crippen molar-refractivity contribution in [3.63, 3.8) is 0 Å². The predicted molar refractivity (Wildman–Crippen MR) is 61.1 cm³/mol. The molecule has 0 saturated carbocycles. The highest BCUT2D eigenvalue weighted by Crippen LogP contribution is 2.32. The molecule has 0 spiro atoms. The monoisotopic (exact) mass is 272 g/mol. The van der Waals surface area contributed by atoms with Gasteiger partial charge in [-0.3, -0.25) is 4.79 Å². The number of phenols is 1. The Morgan fingerprint density at radius 2 is 2.07 bits per heavy atom. The molecule has 82 valence electrons. The van der Waals surface area contributed by atoms with Gasteiger partial charge in [-0.2, -0.15) is 0 Å². The number of halogens is 1. The summed E-state index contributed by atoms with van der Waals surface area (Å²) in [5.41, 5.74) is 0.441. The molecule has 0 heterocycles. The number of hydrogen-bond acceptors (Lipinski definition) is 2. The fourth-order valence-electron chi connectivity index (χ4n) is 1.41. The van der Waals surface area contributed by atoms with E-state index >= 15 is 0 Å². The molecule has 3 nitrogen and oxygen atoms in total. The summed E-state index contributed by atoms with van der Waals surface area (Å²) in [5.74, 6) is -0.672. The average molecular weight is 273 g/mol. The third kappa shape index (κ3) is 2.96. The molecule has 1 aromatic rings. The lowest BCUT2D eigenvalue weighted by atomic mass is 9.82. The topological polar surface area (TPSA) is 57.5 Å². The predicted octanol–water partition coefficient (Wildman–Crippen LogP) is 2.91. The Hall–Kier alpha value is -1.03. The maximum atomic E-state index is 10.7. The molecule has 0 aliphatic rings. The number of benzene rings is 1. The number of hydrogen-bond donors (Lipinski definition) is 2. The van der Waals surface area contributed by atoms with Crippen LogP contribution in [0.3, 0.4) is 0 Å². The van der Waals surface area contributed by atoms with Gasteiger partial charge in [0.1, 0.15) is 5.75 Å². The van der Waals surface area contributed by atoms with Crippen LogP contribution in [0, 0.1) is 0 Å². The van der Waals surface area contributed by atoms with E-state index in [-0.39, 0.29) is 12.2 Å². The summed E-state index contributed by atoms with van der Waals surface area (Å²) in [6.45, 7) is 3.72. The van der Waals surface area contributed by atoms with Gasteiger partial charge in [-0.1, -0.05) is 19.9 Å². The van der Waals surface area contributed by atoms with Crippen molar-refractivity contribution in [2.24, 2.45) is 0 Å². The zero-order chi connectivity index (χ0) is 11.6. The number of aromatic hydroxyl groups is 1. The summed E-state index contributed by atoms with van der Waals surface area (Å²) in [5, 5.41) is 18.1. The van der Waals surface area contributed by atoms with Crippen LogP contribution in [0.15, 0.2) is 22.7 Å². The number of carboxylic acids is 1. The lowest BCUT2D eigenvalue weighted by Crippen LogP contribution is -2.21. The lowest BCUT2D eigenvalue weighted by molar-refractivity contribution is -0.138. The van der Waals surface area contributed by atoms with Gasteiger partial charge in [-0.25, -0.2) is 0 Å². The maximum absolute atomic E-state index is 10.7. The van der Waals surface area contributed by atoms with Crippen LogP contribution in [0.2, 0.25) is 0 Å². The molecule has 2 N–H and O–H groups in total. The highest BCUT2D eigenvalue weighted by atomic mass is 79.9. The SMILES string of the molecule is CC(C)(CC(=O)O)c1ccc(O)c(Br)c1. The van der Waals surface area contributed by atoms with Crippen molar-refractivity contribution in [2.45, 2.75) is 25.7 Å². The zero-order valence-electron chi connectivity index (χ0n) is 8.62. The van der Waals surface area contributed by atoms with Gasteiger partial charge in [0.2, 0.25) is 0 Å². The molecule has 0 fully saturated rings. The Bertz CT molecular complexity index is 385. The minimum absolute atomic E-state index is 0.0597. The number of carbonyl (C=O) groups is 1. The first-order chi connectivity index (χ1) is 6.83. The van der Waals surface area contributed by atoms with E-state index in [1.54, 1.807) is 18.2 Å². The lowest BCUT2D eigenvalue weighted by Gasteiger charge is -2.23. The summed E-state index contributed by atoms with van der Waals surface area (Å²) in [4.78, 5) is 10.7. The molecule has 0 aliphatic heterocycles. The molecule has 0 aromatic heterocycles. The number of aliphatic carboxylic acids is 1. The number of carboxylic acid groups (broad SMARTS) is 1. The molecule has 0 bridgehead atoms. The minimum atomic E-state index is -0.829. The second-order valence-corrected chi connectivity index (χ2v) is 4.97. The van der Waals surface area contributed by atoms with Gasteiger partial charge in [-0.15, -0.1) is 0 Å². The van der Waals surface area contributed by atoms with Gasteiger partial charge >= 0.3 is 5.97 Å². The highest BCUT2D eigenvalue weighted by molar-refractivity contribution is 9.10. The Morgan fingerprint density at radius 3 is 2.53 bits per heavy atom. The van der Waals surface area contributed by atoms with Gasteiger partial charge in [0, 0.05) is 5.41 Å². The second-order valence-electron chi connectivity index (χ2n) is 4.12. The molecule has 15 heavy (non-hydrogen) atoms. The van der Waals surface area contributed by atoms with Crippen molar-refractivity contribution in [3.05, 3.63) is 28.2 Å². The molecule has 1 aromatic carbocycles. The molecular formula is C11H13BrO3. The summed E-state index contributed by atoms with van der Waals surface area (Å²) >= 11 is 3.21. The van der Waals surface area contributed by atoms with Crippen molar-refractivity contribution in [1.82, 2.24) is 0 Å². The third-order valence-corrected chi connectivity index (χ3v) is 2.96. The van der Waals surface area contributed by atoms with Crippen molar-refractivity contribution >= 4 is 21.9 Å². The van der Waals surface area contributed by atoms with Crippen LogP contribution in [-0.2, 0) is 10.2 Å². The molecule has 0 saturated heterocycles. The van der Waals surface area contributed by atoms with E-state index < -0.39 is 11.4 Å². The van der Waals surface area contributed by atoms with E-state index in [1.807, 2.05) is 13.8 Å². The van der Waals surface area contributed by atoms with Crippen LogP contribution >= 0.6 is 15.9 Å².